The van der Waals surface area contributed by atoms with Gasteiger partial charge in [0.15, 0.2) is 5.79 Å². The van der Waals surface area contributed by atoms with Gasteiger partial charge < -0.3 is 9.47 Å². The third-order valence-electron chi connectivity index (χ3n) is 7.28. The van der Waals surface area contributed by atoms with Crippen molar-refractivity contribution >= 4 is 0 Å². The SMILES string of the molecule is CC1C2CCc3cnn(C)c3C2(Cc2ccccc2)CCC12OCCO2. The van der Waals surface area contributed by atoms with Gasteiger partial charge in [0.05, 0.1) is 19.4 Å². The second-order valence-electron chi connectivity index (χ2n) is 8.40. The third-order valence-corrected chi connectivity index (χ3v) is 7.28. The highest BCUT2D eigenvalue weighted by Gasteiger charge is 2.59. The Hall–Kier alpha value is -1.65. The molecule has 3 atom stereocenters. The Kier molecular flexibility index (Phi) is 3.77. The van der Waals surface area contributed by atoms with Crippen molar-refractivity contribution in [2.45, 2.75) is 50.2 Å². The van der Waals surface area contributed by atoms with Crippen LogP contribution in [0.15, 0.2) is 36.5 Å². The van der Waals surface area contributed by atoms with Crippen molar-refractivity contribution < 1.29 is 9.47 Å². The van der Waals surface area contributed by atoms with Crippen LogP contribution in [0.2, 0.25) is 0 Å². The van der Waals surface area contributed by atoms with Crippen molar-refractivity contribution in [1.82, 2.24) is 9.78 Å². The van der Waals surface area contributed by atoms with E-state index in [9.17, 15) is 0 Å². The van der Waals surface area contributed by atoms with Crippen LogP contribution in [0.5, 0.6) is 0 Å². The zero-order chi connectivity index (χ0) is 17.8. The summed E-state index contributed by atoms with van der Waals surface area (Å²) in [6, 6.07) is 11.0. The summed E-state index contributed by atoms with van der Waals surface area (Å²) in [5.41, 5.74) is 4.44. The molecule has 2 aromatic rings. The van der Waals surface area contributed by atoms with Gasteiger partial charge in [-0.15, -0.1) is 0 Å². The van der Waals surface area contributed by atoms with E-state index in [0.29, 0.717) is 11.8 Å². The molecule has 0 amide bonds. The predicted octanol–water partition coefficient (Wildman–Crippen LogP) is 3.64. The Morgan fingerprint density at radius 1 is 1.15 bits per heavy atom. The maximum absolute atomic E-state index is 6.19. The van der Waals surface area contributed by atoms with Crippen LogP contribution in [0.25, 0.3) is 0 Å². The van der Waals surface area contributed by atoms with Crippen molar-refractivity contribution in [3.8, 4) is 0 Å². The molecule has 4 heteroatoms. The predicted molar refractivity (Wildman–Crippen MR) is 99.9 cm³/mol. The van der Waals surface area contributed by atoms with E-state index in [-0.39, 0.29) is 11.2 Å². The van der Waals surface area contributed by atoms with Crippen LogP contribution in [0.1, 0.15) is 43.0 Å². The first-order chi connectivity index (χ1) is 12.6. The Balaban J connectivity index is 1.62. The minimum absolute atomic E-state index is 0.125. The highest BCUT2D eigenvalue weighted by atomic mass is 16.7. The Labute approximate surface area is 155 Å². The molecule has 1 aromatic carbocycles. The average molecular weight is 352 g/mol. The van der Waals surface area contributed by atoms with Crippen molar-refractivity contribution in [3.63, 3.8) is 0 Å². The molecule has 1 aromatic heterocycles. The fourth-order valence-electron chi connectivity index (χ4n) is 6.18. The second kappa shape index (κ2) is 5.93. The van der Waals surface area contributed by atoms with E-state index < -0.39 is 0 Å². The summed E-state index contributed by atoms with van der Waals surface area (Å²) in [5, 5.41) is 4.64. The van der Waals surface area contributed by atoms with Gasteiger partial charge in [-0.3, -0.25) is 4.68 Å². The molecule has 3 aliphatic rings. The van der Waals surface area contributed by atoms with Gasteiger partial charge in [0.25, 0.3) is 0 Å². The fourth-order valence-corrected chi connectivity index (χ4v) is 6.18. The maximum atomic E-state index is 6.19. The molecule has 0 N–H and O–H groups in total. The first-order valence-electron chi connectivity index (χ1n) is 9.98. The summed E-state index contributed by atoms with van der Waals surface area (Å²) >= 11 is 0. The molecule has 26 heavy (non-hydrogen) atoms. The average Bonchev–Trinajstić information content (AvgIpc) is 3.28. The zero-order valence-electron chi connectivity index (χ0n) is 15.8. The van der Waals surface area contributed by atoms with Crippen LogP contribution < -0.4 is 0 Å². The number of aryl methyl sites for hydroxylation is 2. The fraction of sp³-hybridized carbons (Fsp3) is 0.591. The van der Waals surface area contributed by atoms with E-state index in [1.165, 1.54) is 23.2 Å². The molecule has 2 fully saturated rings. The molecule has 0 bridgehead atoms. The van der Waals surface area contributed by atoms with Gasteiger partial charge in [-0.25, -0.2) is 0 Å². The highest BCUT2D eigenvalue weighted by molar-refractivity contribution is 5.36. The quantitative estimate of drug-likeness (QED) is 0.828. The highest BCUT2D eigenvalue weighted by Crippen LogP contribution is 2.58. The Morgan fingerprint density at radius 2 is 1.92 bits per heavy atom. The molecule has 2 aliphatic carbocycles. The molecule has 5 rings (SSSR count). The van der Waals surface area contributed by atoms with Crippen LogP contribution in [-0.2, 0) is 34.8 Å². The largest absolute Gasteiger partial charge is 0.347 e. The molecule has 3 unspecified atom stereocenters. The first-order valence-corrected chi connectivity index (χ1v) is 9.98. The molecule has 1 aliphatic heterocycles. The molecule has 0 radical (unpaired) electrons. The van der Waals surface area contributed by atoms with Gasteiger partial charge >= 0.3 is 0 Å². The standard InChI is InChI=1S/C22H28N2O2/c1-16-19-9-8-18-15-23-24(2)20(18)21(19,14-17-6-4-3-5-7-17)10-11-22(16)25-12-13-26-22/h3-7,15-16,19H,8-14H2,1-2H3. The molecular weight excluding hydrogens is 324 g/mol. The van der Waals surface area contributed by atoms with Crippen LogP contribution >= 0.6 is 0 Å². The lowest BCUT2D eigenvalue weighted by Gasteiger charge is -2.55. The van der Waals surface area contributed by atoms with Gasteiger partial charge in [0, 0.05) is 30.5 Å². The van der Waals surface area contributed by atoms with E-state index in [0.717, 1.165) is 38.9 Å². The smallest absolute Gasteiger partial charge is 0.171 e. The summed E-state index contributed by atoms with van der Waals surface area (Å²) in [6.07, 6.45) is 7.55. The monoisotopic (exact) mass is 352 g/mol. The van der Waals surface area contributed by atoms with Crippen molar-refractivity contribution in [2.24, 2.45) is 18.9 Å². The molecule has 1 saturated heterocycles. The summed E-state index contributed by atoms with van der Waals surface area (Å²) < 4.78 is 14.5. The lowest BCUT2D eigenvalue weighted by Crippen LogP contribution is -2.57. The van der Waals surface area contributed by atoms with Crippen molar-refractivity contribution in [1.29, 1.82) is 0 Å². The van der Waals surface area contributed by atoms with Crippen molar-refractivity contribution in [3.05, 3.63) is 53.3 Å². The second-order valence-corrected chi connectivity index (χ2v) is 8.40. The summed E-state index contributed by atoms with van der Waals surface area (Å²) in [7, 11) is 2.12. The van der Waals surface area contributed by atoms with E-state index in [1.54, 1.807) is 0 Å². The first kappa shape index (κ1) is 16.5. The van der Waals surface area contributed by atoms with E-state index in [2.05, 4.69) is 60.3 Å². The Morgan fingerprint density at radius 3 is 2.69 bits per heavy atom. The molecular formula is C22H28N2O2. The van der Waals surface area contributed by atoms with Crippen LogP contribution in [-0.4, -0.2) is 28.8 Å². The molecule has 1 saturated carbocycles. The van der Waals surface area contributed by atoms with E-state index in [1.807, 2.05) is 0 Å². The van der Waals surface area contributed by atoms with Gasteiger partial charge in [-0.1, -0.05) is 37.3 Å². The van der Waals surface area contributed by atoms with E-state index >= 15 is 0 Å². The third kappa shape index (κ3) is 2.25. The number of hydrogen-bond acceptors (Lipinski definition) is 3. The molecule has 2 heterocycles. The molecule has 138 valence electrons. The van der Waals surface area contributed by atoms with Crippen LogP contribution in [0.4, 0.5) is 0 Å². The van der Waals surface area contributed by atoms with Gasteiger partial charge in [-0.2, -0.15) is 5.10 Å². The molecule has 1 spiro atoms. The number of benzene rings is 1. The number of hydrogen-bond donors (Lipinski definition) is 0. The number of aromatic nitrogens is 2. The topological polar surface area (TPSA) is 36.3 Å². The zero-order valence-corrected chi connectivity index (χ0v) is 15.8. The maximum Gasteiger partial charge on any atom is 0.171 e. The van der Waals surface area contributed by atoms with Crippen molar-refractivity contribution in [2.75, 3.05) is 13.2 Å². The van der Waals surface area contributed by atoms with Crippen LogP contribution in [0, 0.1) is 11.8 Å². The normalized spacial score (nSPS) is 32.4. The van der Waals surface area contributed by atoms with Gasteiger partial charge in [0.1, 0.15) is 0 Å². The number of ether oxygens (including phenoxy) is 2. The number of nitrogens with zero attached hydrogens (tertiary/aromatic N) is 2. The summed E-state index contributed by atoms with van der Waals surface area (Å²) in [4.78, 5) is 0. The minimum atomic E-state index is -0.360. The Bertz CT molecular complexity index is 794. The van der Waals surface area contributed by atoms with Crippen LogP contribution in [0.3, 0.4) is 0 Å². The van der Waals surface area contributed by atoms with Gasteiger partial charge in [0.2, 0.25) is 0 Å². The van der Waals surface area contributed by atoms with Gasteiger partial charge in [-0.05, 0) is 42.7 Å². The lowest BCUT2D eigenvalue weighted by atomic mass is 9.52. The molecule has 4 nitrogen and oxygen atoms in total. The number of rotatable bonds is 2. The summed E-state index contributed by atoms with van der Waals surface area (Å²) in [5.74, 6) is 0.587. The lowest BCUT2D eigenvalue weighted by molar-refractivity contribution is -0.236. The minimum Gasteiger partial charge on any atom is -0.347 e. The number of fused-ring (bicyclic) bond motifs is 3. The summed E-state index contributed by atoms with van der Waals surface area (Å²) in [6.45, 7) is 3.83. The van der Waals surface area contributed by atoms with E-state index in [4.69, 9.17) is 9.47 Å².